The van der Waals surface area contributed by atoms with Crippen LogP contribution in [0.25, 0.3) is 16.6 Å². The number of hydrogen-bond acceptors (Lipinski definition) is 3. The maximum Gasteiger partial charge on any atom is 0.265 e. The van der Waals surface area contributed by atoms with Crippen molar-refractivity contribution in [2.45, 2.75) is 45.0 Å². The number of fused-ring (bicyclic) bond motifs is 2. The van der Waals surface area contributed by atoms with Crippen molar-refractivity contribution < 1.29 is 18.0 Å². The van der Waals surface area contributed by atoms with Gasteiger partial charge in [-0.05, 0) is 55.5 Å². The third-order valence-electron chi connectivity index (χ3n) is 5.42. The fourth-order valence-corrected chi connectivity index (χ4v) is 3.90. The second kappa shape index (κ2) is 6.72. The van der Waals surface area contributed by atoms with Crippen molar-refractivity contribution in [3.05, 3.63) is 57.8 Å². The van der Waals surface area contributed by atoms with Gasteiger partial charge in [0, 0.05) is 25.5 Å². The van der Waals surface area contributed by atoms with Crippen LogP contribution in [0.3, 0.4) is 0 Å². The number of alkyl halides is 2. The largest absolute Gasteiger partial charge is 0.294 e. The first-order valence-electron chi connectivity index (χ1n) is 9.27. The summed E-state index contributed by atoms with van der Waals surface area (Å²) >= 11 is 0. The molecule has 0 atom stereocenters. The van der Waals surface area contributed by atoms with Gasteiger partial charge in [-0.3, -0.25) is 14.0 Å². The molecule has 146 valence electrons. The van der Waals surface area contributed by atoms with Crippen LogP contribution in [0.2, 0.25) is 0 Å². The summed E-state index contributed by atoms with van der Waals surface area (Å²) < 4.78 is 41.5. The minimum absolute atomic E-state index is 0.103. The smallest absolute Gasteiger partial charge is 0.265 e. The van der Waals surface area contributed by atoms with Gasteiger partial charge >= 0.3 is 0 Å². The van der Waals surface area contributed by atoms with Gasteiger partial charge < -0.3 is 0 Å². The molecule has 2 heterocycles. The van der Waals surface area contributed by atoms with Crippen LogP contribution in [0.4, 0.5) is 13.2 Å². The summed E-state index contributed by atoms with van der Waals surface area (Å²) in [5, 5.41) is 0.135. The summed E-state index contributed by atoms with van der Waals surface area (Å²) in [6, 6.07) is 5.41. The molecule has 1 aromatic carbocycles. The van der Waals surface area contributed by atoms with E-state index in [9.17, 15) is 22.8 Å². The van der Waals surface area contributed by atoms with Crippen molar-refractivity contribution in [3.63, 3.8) is 0 Å². The number of carbonyl (C=O) groups excluding carboxylic acids is 1. The summed E-state index contributed by atoms with van der Waals surface area (Å²) in [6.07, 6.45) is 1.91. The molecule has 7 heteroatoms. The van der Waals surface area contributed by atoms with Gasteiger partial charge in [0.2, 0.25) is 5.92 Å². The highest BCUT2D eigenvalue weighted by Gasteiger charge is 2.35. The Kier molecular flexibility index (Phi) is 4.48. The molecular weight excluding hydrogens is 369 g/mol. The normalized spacial score (nSPS) is 17.3. The SMILES string of the molecule is Cc1cc(C(=O)CC2CCC(F)(F)CC2)c2nc3ccc(F)cc3c(=O)n2c1. The average Bonchev–Trinajstić information content (AvgIpc) is 2.64. The zero-order chi connectivity index (χ0) is 20.1. The minimum atomic E-state index is -2.64. The fraction of sp³-hybridized carbons (Fsp3) is 0.381. The zero-order valence-electron chi connectivity index (χ0n) is 15.3. The highest BCUT2D eigenvalue weighted by molar-refractivity contribution is 6.02. The topological polar surface area (TPSA) is 51.4 Å². The number of rotatable bonds is 3. The maximum absolute atomic E-state index is 13.5. The molecule has 4 nitrogen and oxygen atoms in total. The van der Waals surface area contributed by atoms with Gasteiger partial charge in [-0.2, -0.15) is 0 Å². The monoisotopic (exact) mass is 388 g/mol. The number of aryl methyl sites for hydroxylation is 1. The van der Waals surface area contributed by atoms with E-state index in [0.717, 1.165) is 6.07 Å². The second-order valence-electron chi connectivity index (χ2n) is 7.63. The van der Waals surface area contributed by atoms with Crippen molar-refractivity contribution >= 4 is 22.3 Å². The van der Waals surface area contributed by atoms with Crippen molar-refractivity contribution in [2.75, 3.05) is 0 Å². The zero-order valence-corrected chi connectivity index (χ0v) is 15.3. The van der Waals surface area contributed by atoms with Crippen LogP contribution in [0.15, 0.2) is 35.3 Å². The van der Waals surface area contributed by atoms with Crippen molar-refractivity contribution in [1.29, 1.82) is 0 Å². The van der Waals surface area contributed by atoms with Gasteiger partial charge in [-0.25, -0.2) is 18.2 Å². The van der Waals surface area contributed by atoms with Gasteiger partial charge in [0.05, 0.1) is 16.5 Å². The molecule has 0 aliphatic heterocycles. The standard InChI is InChI=1S/C21H19F3N2O2/c1-12-8-16(18(27)9-13-4-6-21(23,24)7-5-13)19-25-17-3-2-14(22)10-15(17)20(28)26(19)11-12/h2-3,8,10-11,13H,4-7,9H2,1H3. The summed E-state index contributed by atoms with van der Waals surface area (Å²) in [5.41, 5.74) is 1.04. The van der Waals surface area contributed by atoms with Gasteiger partial charge in [0.1, 0.15) is 5.82 Å². The Morgan fingerprint density at radius 1 is 1.25 bits per heavy atom. The molecule has 3 aromatic rings. The minimum Gasteiger partial charge on any atom is -0.294 e. The second-order valence-corrected chi connectivity index (χ2v) is 7.63. The number of halogens is 3. The predicted octanol–water partition coefficient (Wildman–Crippen LogP) is 4.69. The molecule has 0 unspecified atom stereocenters. The van der Waals surface area contributed by atoms with E-state index in [4.69, 9.17) is 0 Å². The van der Waals surface area contributed by atoms with E-state index < -0.39 is 17.3 Å². The lowest BCUT2D eigenvalue weighted by Gasteiger charge is -2.27. The van der Waals surface area contributed by atoms with Crippen molar-refractivity contribution in [2.24, 2.45) is 5.92 Å². The Balaban J connectivity index is 1.76. The molecule has 0 saturated heterocycles. The van der Waals surface area contributed by atoms with Crippen LogP contribution < -0.4 is 5.56 Å². The van der Waals surface area contributed by atoms with Crippen LogP contribution in [-0.4, -0.2) is 21.1 Å². The Hall–Kier alpha value is -2.70. The molecule has 2 aromatic heterocycles. The molecule has 0 N–H and O–H groups in total. The molecule has 1 fully saturated rings. The van der Waals surface area contributed by atoms with E-state index in [1.165, 1.54) is 16.5 Å². The van der Waals surface area contributed by atoms with E-state index in [1.807, 2.05) is 0 Å². The van der Waals surface area contributed by atoms with E-state index in [1.54, 1.807) is 19.2 Å². The number of ketones is 1. The number of hydrogen-bond donors (Lipinski definition) is 0. The number of benzene rings is 1. The molecule has 4 rings (SSSR count). The molecular formula is C21H19F3N2O2. The van der Waals surface area contributed by atoms with Crippen molar-refractivity contribution in [1.82, 2.24) is 9.38 Å². The van der Waals surface area contributed by atoms with Gasteiger partial charge in [0.25, 0.3) is 5.56 Å². The Morgan fingerprint density at radius 2 is 1.96 bits per heavy atom. The van der Waals surface area contributed by atoms with Gasteiger partial charge in [0.15, 0.2) is 11.4 Å². The summed E-state index contributed by atoms with van der Waals surface area (Å²) in [7, 11) is 0. The first-order valence-corrected chi connectivity index (χ1v) is 9.27. The average molecular weight is 388 g/mol. The molecule has 1 saturated carbocycles. The van der Waals surface area contributed by atoms with Crippen LogP contribution in [0.1, 0.15) is 48.0 Å². The van der Waals surface area contributed by atoms with Crippen molar-refractivity contribution in [3.8, 4) is 0 Å². The highest BCUT2D eigenvalue weighted by atomic mass is 19.3. The lowest BCUT2D eigenvalue weighted by molar-refractivity contribution is -0.0458. The third-order valence-corrected chi connectivity index (χ3v) is 5.42. The number of pyridine rings is 1. The summed E-state index contributed by atoms with van der Waals surface area (Å²) in [6.45, 7) is 1.75. The number of aromatic nitrogens is 2. The maximum atomic E-state index is 13.5. The van der Waals surface area contributed by atoms with Crippen LogP contribution >= 0.6 is 0 Å². The van der Waals surface area contributed by atoms with Crippen LogP contribution in [-0.2, 0) is 0 Å². The molecule has 1 aliphatic carbocycles. The van der Waals surface area contributed by atoms with E-state index >= 15 is 0 Å². The van der Waals surface area contributed by atoms with E-state index in [-0.39, 0.29) is 42.0 Å². The van der Waals surface area contributed by atoms with E-state index in [2.05, 4.69) is 4.98 Å². The molecule has 0 spiro atoms. The molecule has 0 bridgehead atoms. The van der Waals surface area contributed by atoms with Crippen LogP contribution in [0.5, 0.6) is 0 Å². The predicted molar refractivity (Wildman–Crippen MR) is 99.5 cm³/mol. The molecule has 0 radical (unpaired) electrons. The van der Waals surface area contributed by atoms with Gasteiger partial charge in [-0.1, -0.05) is 0 Å². The first kappa shape index (κ1) is 18.7. The Bertz CT molecular complexity index is 1140. The summed E-state index contributed by atoms with van der Waals surface area (Å²) in [5.74, 6) is -3.50. The quantitative estimate of drug-likeness (QED) is 0.483. The number of Topliss-reactive ketones (excluding diaryl/α,β-unsaturated/α-hetero) is 1. The fourth-order valence-electron chi connectivity index (χ4n) is 3.90. The van der Waals surface area contributed by atoms with E-state index in [0.29, 0.717) is 29.5 Å². The van der Waals surface area contributed by atoms with Gasteiger partial charge in [-0.15, -0.1) is 0 Å². The van der Waals surface area contributed by atoms with Crippen LogP contribution in [0, 0.1) is 18.7 Å². The lowest BCUT2D eigenvalue weighted by atomic mass is 9.83. The first-order chi connectivity index (χ1) is 13.2. The third kappa shape index (κ3) is 3.41. The number of nitrogens with zero attached hydrogens (tertiary/aromatic N) is 2. The molecule has 28 heavy (non-hydrogen) atoms. The Morgan fingerprint density at radius 3 is 2.68 bits per heavy atom. The molecule has 0 amide bonds. The lowest BCUT2D eigenvalue weighted by Crippen LogP contribution is -2.26. The summed E-state index contributed by atoms with van der Waals surface area (Å²) in [4.78, 5) is 30.1. The highest BCUT2D eigenvalue weighted by Crippen LogP contribution is 2.38. The Labute approximate surface area is 159 Å². The molecule has 1 aliphatic rings. The number of carbonyl (C=O) groups is 1.